The fourth-order valence-electron chi connectivity index (χ4n) is 2.75. The van der Waals surface area contributed by atoms with E-state index in [1.54, 1.807) is 37.4 Å². The molecule has 0 bridgehead atoms. The largest absolute Gasteiger partial charge is 0.507 e. The number of halogens is 1. The number of aromatic hydroxyl groups is 1. The van der Waals surface area contributed by atoms with E-state index in [4.69, 9.17) is 9.47 Å². The molecular formula is C23H21BrN4O4. The number of hydrogen-bond acceptors (Lipinski definition) is 7. The summed E-state index contributed by atoms with van der Waals surface area (Å²) in [7, 11) is 3.08. The molecule has 9 heteroatoms. The average molecular weight is 497 g/mol. The Morgan fingerprint density at radius 2 is 1.75 bits per heavy atom. The van der Waals surface area contributed by atoms with Crippen molar-refractivity contribution in [3.8, 4) is 17.2 Å². The lowest BCUT2D eigenvalue weighted by molar-refractivity contribution is -0.120. The number of benzene rings is 3. The number of nitrogens with zero attached hydrogens (tertiary/aromatic N) is 3. The topological polar surface area (TPSA) is 105 Å². The Kier molecular flexibility index (Phi) is 7.93. The first kappa shape index (κ1) is 23.0. The van der Waals surface area contributed by atoms with Crippen LogP contribution in [-0.4, -0.2) is 31.4 Å². The highest BCUT2D eigenvalue weighted by molar-refractivity contribution is 9.10. The summed E-state index contributed by atoms with van der Waals surface area (Å²) < 4.78 is 11.3. The Bertz CT molecular complexity index is 1160. The summed E-state index contributed by atoms with van der Waals surface area (Å²) in [6.07, 6.45) is 1.45. The molecular weight excluding hydrogens is 476 g/mol. The summed E-state index contributed by atoms with van der Waals surface area (Å²) in [4.78, 5) is 12.2. The van der Waals surface area contributed by atoms with Crippen molar-refractivity contribution in [1.29, 1.82) is 0 Å². The van der Waals surface area contributed by atoms with E-state index < -0.39 is 0 Å². The fraction of sp³-hybridized carbons (Fsp3) is 0.130. The van der Waals surface area contributed by atoms with Gasteiger partial charge in [0.15, 0.2) is 11.5 Å². The van der Waals surface area contributed by atoms with E-state index in [-0.39, 0.29) is 18.1 Å². The van der Waals surface area contributed by atoms with Crippen molar-refractivity contribution in [1.82, 2.24) is 5.43 Å². The minimum Gasteiger partial charge on any atom is -0.507 e. The maximum atomic E-state index is 12.2. The zero-order valence-electron chi connectivity index (χ0n) is 17.4. The molecule has 0 heterocycles. The second-order valence-corrected chi connectivity index (χ2v) is 7.50. The van der Waals surface area contributed by atoms with E-state index in [1.165, 1.54) is 19.4 Å². The second-order valence-electron chi connectivity index (χ2n) is 6.58. The molecule has 3 aromatic rings. The predicted molar refractivity (Wildman–Crippen MR) is 125 cm³/mol. The summed E-state index contributed by atoms with van der Waals surface area (Å²) in [6, 6.07) is 17.4. The quantitative estimate of drug-likeness (QED) is 0.251. The van der Waals surface area contributed by atoms with Gasteiger partial charge < -0.3 is 14.6 Å². The molecule has 2 N–H and O–H groups in total. The molecule has 0 saturated carbocycles. The molecule has 0 saturated heterocycles. The Morgan fingerprint density at radius 1 is 1.00 bits per heavy atom. The molecule has 164 valence electrons. The van der Waals surface area contributed by atoms with Gasteiger partial charge in [-0.15, -0.1) is 0 Å². The van der Waals surface area contributed by atoms with Gasteiger partial charge in [-0.1, -0.05) is 28.1 Å². The van der Waals surface area contributed by atoms with Gasteiger partial charge >= 0.3 is 0 Å². The van der Waals surface area contributed by atoms with Crippen LogP contribution in [0, 0.1) is 0 Å². The van der Waals surface area contributed by atoms with Gasteiger partial charge in [0.2, 0.25) is 5.91 Å². The van der Waals surface area contributed by atoms with Crippen LogP contribution in [0.5, 0.6) is 17.2 Å². The number of azo groups is 1. The van der Waals surface area contributed by atoms with Crippen molar-refractivity contribution in [2.45, 2.75) is 6.42 Å². The van der Waals surface area contributed by atoms with Crippen molar-refractivity contribution in [2.24, 2.45) is 15.3 Å². The molecule has 0 aliphatic heterocycles. The minimum atomic E-state index is -0.321. The van der Waals surface area contributed by atoms with E-state index in [1.807, 2.05) is 24.3 Å². The SMILES string of the molecule is COc1ccc(CC(=O)N/N=C\c2cc(N=Nc3cccc(Br)c3)ccc2O)cc1OC. The lowest BCUT2D eigenvalue weighted by Crippen LogP contribution is -2.19. The molecule has 0 atom stereocenters. The molecule has 8 nitrogen and oxygen atoms in total. The van der Waals surface area contributed by atoms with Crippen molar-refractivity contribution < 1.29 is 19.4 Å². The molecule has 0 radical (unpaired) electrons. The molecule has 0 unspecified atom stereocenters. The van der Waals surface area contributed by atoms with Crippen molar-refractivity contribution in [3.63, 3.8) is 0 Å². The van der Waals surface area contributed by atoms with Gasteiger partial charge in [-0.3, -0.25) is 4.79 Å². The highest BCUT2D eigenvalue weighted by atomic mass is 79.9. The van der Waals surface area contributed by atoms with Gasteiger partial charge in [-0.25, -0.2) is 5.43 Å². The number of carbonyl (C=O) groups excluding carboxylic acids is 1. The maximum Gasteiger partial charge on any atom is 0.244 e. The highest BCUT2D eigenvalue weighted by Crippen LogP contribution is 2.28. The third kappa shape index (κ3) is 6.39. The monoisotopic (exact) mass is 496 g/mol. The van der Waals surface area contributed by atoms with E-state index in [2.05, 4.69) is 36.7 Å². The smallest absolute Gasteiger partial charge is 0.244 e. The van der Waals surface area contributed by atoms with Crippen molar-refractivity contribution >= 4 is 39.4 Å². The van der Waals surface area contributed by atoms with E-state index in [0.717, 1.165) is 10.0 Å². The standard InChI is InChI=1S/C23H21BrN4O4/c1-31-21-9-6-15(10-22(21)32-2)11-23(30)28-25-14-16-12-19(7-8-20(16)29)27-26-18-5-3-4-17(24)13-18/h3-10,12-14,29H,11H2,1-2H3,(H,28,30)/b25-14-,27-26?. The van der Waals surface area contributed by atoms with Gasteiger partial charge in [-0.2, -0.15) is 15.3 Å². The van der Waals surface area contributed by atoms with Crippen LogP contribution in [0.15, 0.2) is 80.5 Å². The zero-order valence-corrected chi connectivity index (χ0v) is 19.0. The lowest BCUT2D eigenvalue weighted by Gasteiger charge is -2.09. The highest BCUT2D eigenvalue weighted by Gasteiger charge is 2.08. The fourth-order valence-corrected chi connectivity index (χ4v) is 3.14. The number of carbonyl (C=O) groups is 1. The predicted octanol–water partition coefficient (Wildman–Crippen LogP) is 5.28. The number of nitrogens with one attached hydrogen (secondary N) is 1. The Morgan fingerprint density at radius 3 is 2.47 bits per heavy atom. The van der Waals surface area contributed by atoms with Gasteiger partial charge in [0.05, 0.1) is 38.2 Å². The summed E-state index contributed by atoms with van der Waals surface area (Å²) in [5.74, 6) is 0.810. The van der Waals surface area contributed by atoms with Crippen LogP contribution in [0.4, 0.5) is 11.4 Å². The van der Waals surface area contributed by atoms with Crippen LogP contribution in [0.2, 0.25) is 0 Å². The summed E-state index contributed by atoms with van der Waals surface area (Å²) in [5.41, 5.74) is 4.79. The molecule has 0 spiro atoms. The first-order chi connectivity index (χ1) is 15.5. The van der Waals surface area contributed by atoms with E-state index in [9.17, 15) is 9.90 Å². The third-order valence-electron chi connectivity index (χ3n) is 4.31. The van der Waals surface area contributed by atoms with Crippen LogP contribution in [-0.2, 0) is 11.2 Å². The molecule has 1 amide bonds. The number of ether oxygens (including phenoxy) is 2. The summed E-state index contributed by atoms with van der Waals surface area (Å²) >= 11 is 3.39. The van der Waals surface area contributed by atoms with Crippen LogP contribution in [0.1, 0.15) is 11.1 Å². The number of hydrazone groups is 1. The van der Waals surface area contributed by atoms with Gasteiger partial charge in [-0.05, 0) is 54.1 Å². The molecule has 0 aliphatic rings. The number of amides is 1. The van der Waals surface area contributed by atoms with E-state index >= 15 is 0 Å². The number of hydrogen-bond donors (Lipinski definition) is 2. The van der Waals surface area contributed by atoms with Crippen molar-refractivity contribution in [2.75, 3.05) is 14.2 Å². The Balaban J connectivity index is 1.63. The van der Waals surface area contributed by atoms with Gasteiger partial charge in [0, 0.05) is 10.0 Å². The molecule has 0 fully saturated rings. The number of phenolic OH excluding ortho intramolecular Hbond substituents is 1. The van der Waals surface area contributed by atoms with Crippen molar-refractivity contribution in [3.05, 3.63) is 76.3 Å². The minimum absolute atomic E-state index is 0.00398. The first-order valence-corrected chi connectivity index (χ1v) is 10.3. The maximum absolute atomic E-state index is 12.2. The zero-order chi connectivity index (χ0) is 22.9. The van der Waals surface area contributed by atoms with Crippen LogP contribution in [0.3, 0.4) is 0 Å². The summed E-state index contributed by atoms with van der Waals surface area (Å²) in [5, 5.41) is 22.3. The molecule has 32 heavy (non-hydrogen) atoms. The lowest BCUT2D eigenvalue weighted by atomic mass is 10.1. The molecule has 0 aliphatic carbocycles. The number of methoxy groups -OCH3 is 2. The molecule has 0 aromatic heterocycles. The van der Waals surface area contributed by atoms with E-state index in [0.29, 0.717) is 28.4 Å². The summed E-state index contributed by atoms with van der Waals surface area (Å²) in [6.45, 7) is 0. The molecule has 3 rings (SSSR count). The number of phenols is 1. The number of rotatable bonds is 8. The normalized spacial score (nSPS) is 11.1. The molecule has 3 aromatic carbocycles. The van der Waals surface area contributed by atoms with Gasteiger partial charge in [0.1, 0.15) is 5.75 Å². The third-order valence-corrected chi connectivity index (χ3v) is 4.80. The Hall–Kier alpha value is -3.72. The first-order valence-electron chi connectivity index (χ1n) is 9.51. The van der Waals surface area contributed by atoms with Crippen LogP contribution in [0.25, 0.3) is 0 Å². The van der Waals surface area contributed by atoms with Gasteiger partial charge in [0.25, 0.3) is 0 Å². The van der Waals surface area contributed by atoms with Crippen LogP contribution >= 0.6 is 15.9 Å². The Labute approximate surface area is 193 Å². The van der Waals surface area contributed by atoms with Crippen LogP contribution < -0.4 is 14.9 Å². The average Bonchev–Trinajstić information content (AvgIpc) is 2.79. The second kappa shape index (κ2) is 11.1.